The van der Waals surface area contributed by atoms with Crippen molar-refractivity contribution in [1.29, 1.82) is 0 Å². The van der Waals surface area contributed by atoms with Crippen LogP contribution in [0.15, 0.2) is 24.8 Å². The lowest BCUT2D eigenvalue weighted by atomic mass is 10.1. The van der Waals surface area contributed by atoms with E-state index in [1.165, 1.54) is 0 Å². The van der Waals surface area contributed by atoms with Gasteiger partial charge in [0.15, 0.2) is 0 Å². The first-order valence-corrected chi connectivity index (χ1v) is 4.30. The van der Waals surface area contributed by atoms with Crippen molar-refractivity contribution in [2.24, 2.45) is 0 Å². The third-order valence-corrected chi connectivity index (χ3v) is 1.72. The molecule has 70 valence electrons. The quantitative estimate of drug-likeness (QED) is 0.766. The summed E-state index contributed by atoms with van der Waals surface area (Å²) in [5, 5.41) is 8.96. The van der Waals surface area contributed by atoms with E-state index in [-0.39, 0.29) is 6.61 Å². The highest BCUT2D eigenvalue weighted by Gasteiger charge is 1.98. The van der Waals surface area contributed by atoms with E-state index in [0.29, 0.717) is 6.61 Å². The third kappa shape index (κ3) is 2.60. The Hall–Kier alpha value is -1.28. The molecule has 0 aliphatic rings. The van der Waals surface area contributed by atoms with Crippen molar-refractivity contribution in [2.75, 3.05) is 6.61 Å². The van der Waals surface area contributed by atoms with E-state index in [1.807, 2.05) is 25.1 Å². The summed E-state index contributed by atoms with van der Waals surface area (Å²) in [4.78, 5) is 0. The van der Waals surface area contributed by atoms with Crippen molar-refractivity contribution in [1.82, 2.24) is 0 Å². The molecule has 0 heterocycles. The Morgan fingerprint density at radius 2 is 2.23 bits per heavy atom. The maximum atomic E-state index is 8.96. The van der Waals surface area contributed by atoms with Crippen LogP contribution in [0.4, 0.5) is 0 Å². The Kier molecular flexibility index (Phi) is 3.53. The van der Waals surface area contributed by atoms with Crippen LogP contribution < -0.4 is 4.74 Å². The highest BCUT2D eigenvalue weighted by Crippen LogP contribution is 2.18. The lowest BCUT2D eigenvalue weighted by molar-refractivity contribution is 0.280. The standard InChI is InChI=1S/C11H14O2/c1-3-9-5-10(8-12)7-11(6-9)13-4-2/h3,5-7,12H,1,4,8H2,2H3. The second-order valence-corrected chi connectivity index (χ2v) is 2.71. The lowest BCUT2D eigenvalue weighted by Crippen LogP contribution is -1.93. The van der Waals surface area contributed by atoms with E-state index in [1.54, 1.807) is 6.08 Å². The number of benzene rings is 1. The Balaban J connectivity index is 2.99. The van der Waals surface area contributed by atoms with Gasteiger partial charge in [-0.1, -0.05) is 12.7 Å². The zero-order chi connectivity index (χ0) is 9.68. The van der Waals surface area contributed by atoms with Gasteiger partial charge in [0.25, 0.3) is 0 Å². The van der Waals surface area contributed by atoms with Crippen molar-refractivity contribution >= 4 is 6.08 Å². The fraction of sp³-hybridized carbons (Fsp3) is 0.273. The predicted octanol–water partition coefficient (Wildman–Crippen LogP) is 2.22. The van der Waals surface area contributed by atoms with Gasteiger partial charge in [0.05, 0.1) is 13.2 Å². The number of aliphatic hydroxyl groups excluding tert-OH is 1. The summed E-state index contributed by atoms with van der Waals surface area (Å²) >= 11 is 0. The van der Waals surface area contributed by atoms with Gasteiger partial charge in [0, 0.05) is 0 Å². The van der Waals surface area contributed by atoms with Crippen LogP contribution in [0.1, 0.15) is 18.1 Å². The Morgan fingerprint density at radius 1 is 1.46 bits per heavy atom. The minimum absolute atomic E-state index is 0.0295. The zero-order valence-electron chi connectivity index (χ0n) is 7.79. The van der Waals surface area contributed by atoms with Crippen LogP contribution in [0, 0.1) is 0 Å². The first-order valence-electron chi connectivity index (χ1n) is 4.30. The van der Waals surface area contributed by atoms with Crippen LogP contribution in [-0.4, -0.2) is 11.7 Å². The third-order valence-electron chi connectivity index (χ3n) is 1.72. The molecule has 2 heteroatoms. The van der Waals surface area contributed by atoms with E-state index in [4.69, 9.17) is 9.84 Å². The number of hydrogen-bond donors (Lipinski definition) is 1. The van der Waals surface area contributed by atoms with Gasteiger partial charge in [0.1, 0.15) is 5.75 Å². The Labute approximate surface area is 78.5 Å². The first-order chi connectivity index (χ1) is 6.30. The molecule has 1 N–H and O–H groups in total. The Bertz CT molecular complexity index is 292. The Morgan fingerprint density at radius 3 is 2.77 bits per heavy atom. The molecule has 0 unspecified atom stereocenters. The SMILES string of the molecule is C=Cc1cc(CO)cc(OCC)c1. The maximum Gasteiger partial charge on any atom is 0.120 e. The minimum atomic E-state index is 0.0295. The van der Waals surface area contributed by atoms with Crippen LogP contribution >= 0.6 is 0 Å². The molecule has 0 aliphatic carbocycles. The van der Waals surface area contributed by atoms with Crippen molar-refractivity contribution in [3.8, 4) is 5.75 Å². The topological polar surface area (TPSA) is 29.5 Å². The van der Waals surface area contributed by atoms with E-state index in [0.717, 1.165) is 16.9 Å². The van der Waals surface area contributed by atoms with Crippen LogP contribution in [0.25, 0.3) is 6.08 Å². The van der Waals surface area contributed by atoms with Gasteiger partial charge in [-0.05, 0) is 36.2 Å². The molecule has 0 amide bonds. The summed E-state index contributed by atoms with van der Waals surface area (Å²) in [5.41, 5.74) is 1.82. The van der Waals surface area contributed by atoms with Crippen LogP contribution in [0.2, 0.25) is 0 Å². The zero-order valence-corrected chi connectivity index (χ0v) is 7.79. The van der Waals surface area contributed by atoms with Gasteiger partial charge in [-0.15, -0.1) is 0 Å². The minimum Gasteiger partial charge on any atom is -0.494 e. The van der Waals surface area contributed by atoms with Gasteiger partial charge >= 0.3 is 0 Å². The molecule has 2 nitrogen and oxygen atoms in total. The molecule has 0 atom stereocenters. The second-order valence-electron chi connectivity index (χ2n) is 2.71. The van der Waals surface area contributed by atoms with Crippen molar-refractivity contribution in [3.63, 3.8) is 0 Å². The smallest absolute Gasteiger partial charge is 0.120 e. The highest BCUT2D eigenvalue weighted by molar-refractivity contribution is 5.51. The molecular formula is C11H14O2. The first kappa shape index (κ1) is 9.81. The molecular weight excluding hydrogens is 164 g/mol. The summed E-state index contributed by atoms with van der Waals surface area (Å²) in [5.74, 6) is 0.781. The van der Waals surface area contributed by atoms with Gasteiger partial charge in [-0.3, -0.25) is 0 Å². The van der Waals surface area contributed by atoms with E-state index in [2.05, 4.69) is 6.58 Å². The number of rotatable bonds is 4. The second kappa shape index (κ2) is 4.67. The van der Waals surface area contributed by atoms with Crippen molar-refractivity contribution in [2.45, 2.75) is 13.5 Å². The van der Waals surface area contributed by atoms with Gasteiger partial charge in [0.2, 0.25) is 0 Å². The highest BCUT2D eigenvalue weighted by atomic mass is 16.5. The summed E-state index contributed by atoms with van der Waals surface area (Å²) in [6.45, 7) is 6.26. The number of aliphatic hydroxyl groups is 1. The van der Waals surface area contributed by atoms with Crippen molar-refractivity contribution < 1.29 is 9.84 Å². The maximum absolute atomic E-state index is 8.96. The molecule has 1 aromatic carbocycles. The molecule has 0 aliphatic heterocycles. The van der Waals surface area contributed by atoms with Gasteiger partial charge in [-0.25, -0.2) is 0 Å². The molecule has 1 aromatic rings. The largest absolute Gasteiger partial charge is 0.494 e. The molecule has 0 spiro atoms. The number of ether oxygens (including phenoxy) is 1. The fourth-order valence-corrected chi connectivity index (χ4v) is 1.15. The van der Waals surface area contributed by atoms with E-state index in [9.17, 15) is 0 Å². The van der Waals surface area contributed by atoms with Crippen LogP contribution in [-0.2, 0) is 6.61 Å². The summed E-state index contributed by atoms with van der Waals surface area (Å²) in [7, 11) is 0. The molecule has 0 bridgehead atoms. The van der Waals surface area contributed by atoms with E-state index < -0.39 is 0 Å². The molecule has 0 saturated heterocycles. The molecule has 13 heavy (non-hydrogen) atoms. The van der Waals surface area contributed by atoms with Gasteiger partial charge < -0.3 is 9.84 Å². The molecule has 0 radical (unpaired) electrons. The van der Waals surface area contributed by atoms with E-state index >= 15 is 0 Å². The lowest BCUT2D eigenvalue weighted by Gasteiger charge is -2.06. The predicted molar refractivity (Wildman–Crippen MR) is 53.6 cm³/mol. The van der Waals surface area contributed by atoms with Crippen LogP contribution in [0.5, 0.6) is 5.75 Å². The number of hydrogen-bond acceptors (Lipinski definition) is 2. The normalized spacial score (nSPS) is 9.69. The average Bonchev–Trinajstić information content (AvgIpc) is 2.17. The molecule has 0 fully saturated rings. The molecule has 0 saturated carbocycles. The van der Waals surface area contributed by atoms with Crippen LogP contribution in [0.3, 0.4) is 0 Å². The summed E-state index contributed by atoms with van der Waals surface area (Å²) in [6.07, 6.45) is 1.74. The monoisotopic (exact) mass is 178 g/mol. The summed E-state index contributed by atoms with van der Waals surface area (Å²) in [6, 6.07) is 5.61. The van der Waals surface area contributed by atoms with Gasteiger partial charge in [-0.2, -0.15) is 0 Å². The molecule has 1 rings (SSSR count). The molecule has 0 aromatic heterocycles. The average molecular weight is 178 g/mol. The fourth-order valence-electron chi connectivity index (χ4n) is 1.15. The summed E-state index contributed by atoms with van der Waals surface area (Å²) < 4.78 is 5.33. The van der Waals surface area contributed by atoms with Crippen molar-refractivity contribution in [3.05, 3.63) is 35.9 Å².